The molecule has 6 heteroatoms. The number of benzene rings is 1. The van der Waals surface area contributed by atoms with Crippen LogP contribution < -0.4 is 22.2 Å². The molecule has 6 nitrogen and oxygen atoms in total. The Morgan fingerprint density at radius 1 is 0.821 bits per heavy atom. The first-order valence-electron chi connectivity index (χ1n) is 10.3. The Kier molecular flexibility index (Phi) is 3.12. The molecule has 6 atom stereocenters. The molecule has 2 heterocycles. The molecule has 3 saturated carbocycles. The number of nitrogens with one attached hydrogen (secondary N) is 1. The molecule has 3 aromatic rings. The highest BCUT2D eigenvalue weighted by Crippen LogP contribution is 2.62. The molecule has 3 aliphatic rings. The molecule has 28 heavy (non-hydrogen) atoms. The zero-order valence-electron chi connectivity index (χ0n) is 15.7. The fourth-order valence-electron chi connectivity index (χ4n) is 7.05. The van der Waals surface area contributed by atoms with Crippen molar-refractivity contribution in [3.8, 4) is 0 Å². The van der Waals surface area contributed by atoms with Crippen molar-refractivity contribution in [2.75, 3.05) is 0 Å². The molecule has 3 aliphatic carbocycles. The molecule has 3 fully saturated rings. The van der Waals surface area contributed by atoms with Gasteiger partial charge in [0, 0.05) is 6.54 Å². The second kappa shape index (κ2) is 5.31. The molecule has 2 bridgehead atoms. The van der Waals surface area contributed by atoms with Crippen molar-refractivity contribution < 1.29 is 0 Å². The molecule has 0 saturated heterocycles. The van der Waals surface area contributed by atoms with Gasteiger partial charge < -0.3 is 0 Å². The van der Waals surface area contributed by atoms with E-state index in [1.807, 2.05) is 0 Å². The van der Waals surface area contributed by atoms with E-state index < -0.39 is 11.1 Å². The molecule has 6 unspecified atom stereocenters. The number of nitrogens with zero attached hydrogens (tertiary/aromatic N) is 1. The molecule has 144 valence electrons. The van der Waals surface area contributed by atoms with Crippen LogP contribution in [0.1, 0.15) is 32.6 Å². The van der Waals surface area contributed by atoms with Crippen molar-refractivity contribution >= 4 is 21.5 Å². The van der Waals surface area contributed by atoms with Crippen molar-refractivity contribution in [1.82, 2.24) is 9.55 Å². The summed E-state index contributed by atoms with van der Waals surface area (Å²) in [5.41, 5.74) is -1.67. The largest absolute Gasteiger partial charge is 0.288 e. The summed E-state index contributed by atoms with van der Waals surface area (Å²) >= 11 is 0. The van der Waals surface area contributed by atoms with Crippen LogP contribution in [0.2, 0.25) is 0 Å². The molecule has 1 aromatic carbocycles. The number of rotatable bonds is 2. The summed E-state index contributed by atoms with van der Waals surface area (Å²) in [6.45, 7) is 2.83. The maximum atomic E-state index is 12.9. The SMILES string of the molecule is CC1CC2CC1C1CC(Cn3c(=O)c4cc5c(=O)[nH]c(=O)c5cc4c3=O)CC21. The van der Waals surface area contributed by atoms with Crippen LogP contribution in [-0.4, -0.2) is 9.55 Å². The lowest BCUT2D eigenvalue weighted by Gasteiger charge is -2.29. The number of fused-ring (bicyclic) bond motifs is 7. The maximum absolute atomic E-state index is 12.9. The van der Waals surface area contributed by atoms with Crippen LogP contribution in [0.4, 0.5) is 0 Å². The average molecular weight is 378 g/mol. The van der Waals surface area contributed by atoms with Crippen LogP contribution in [0.3, 0.4) is 0 Å². The van der Waals surface area contributed by atoms with Crippen LogP contribution in [0.5, 0.6) is 0 Å². The second-order valence-corrected chi connectivity index (χ2v) is 9.49. The van der Waals surface area contributed by atoms with Gasteiger partial charge in [-0.1, -0.05) is 6.92 Å². The lowest BCUT2D eigenvalue weighted by Crippen LogP contribution is -2.28. The van der Waals surface area contributed by atoms with E-state index in [9.17, 15) is 19.2 Å². The van der Waals surface area contributed by atoms with Gasteiger partial charge in [0.15, 0.2) is 0 Å². The number of hydrogen-bond acceptors (Lipinski definition) is 4. The minimum Gasteiger partial charge on any atom is -0.288 e. The predicted octanol–water partition coefficient (Wildman–Crippen LogP) is 1.76. The third kappa shape index (κ3) is 1.98. The normalized spacial score (nSPS) is 34.0. The Morgan fingerprint density at radius 2 is 1.43 bits per heavy atom. The summed E-state index contributed by atoms with van der Waals surface area (Å²) in [6.07, 6.45) is 4.94. The van der Waals surface area contributed by atoms with E-state index in [2.05, 4.69) is 11.9 Å². The van der Waals surface area contributed by atoms with E-state index >= 15 is 0 Å². The molecule has 0 radical (unpaired) electrons. The second-order valence-electron chi connectivity index (χ2n) is 9.49. The van der Waals surface area contributed by atoms with E-state index in [-0.39, 0.29) is 32.7 Å². The van der Waals surface area contributed by atoms with Crippen molar-refractivity contribution in [1.29, 1.82) is 0 Å². The van der Waals surface area contributed by atoms with Gasteiger partial charge in [0.25, 0.3) is 22.2 Å². The van der Waals surface area contributed by atoms with Crippen LogP contribution in [0.25, 0.3) is 21.5 Å². The average Bonchev–Trinajstić information content (AvgIpc) is 3.42. The van der Waals surface area contributed by atoms with E-state index in [4.69, 9.17) is 0 Å². The Morgan fingerprint density at radius 3 is 2.07 bits per heavy atom. The first-order chi connectivity index (χ1) is 13.4. The summed E-state index contributed by atoms with van der Waals surface area (Å²) < 4.78 is 1.35. The number of hydrogen-bond donors (Lipinski definition) is 1. The van der Waals surface area contributed by atoms with Crippen molar-refractivity contribution in [3.63, 3.8) is 0 Å². The number of aromatic amines is 1. The van der Waals surface area contributed by atoms with Gasteiger partial charge in [-0.15, -0.1) is 0 Å². The molecular formula is C22H22N2O4. The van der Waals surface area contributed by atoms with Crippen molar-refractivity contribution in [3.05, 3.63) is 53.5 Å². The van der Waals surface area contributed by atoms with Crippen LogP contribution in [0.15, 0.2) is 31.3 Å². The third-order valence-electron chi connectivity index (χ3n) is 8.16. The Bertz CT molecular complexity index is 1260. The minimum absolute atomic E-state index is 0.188. The van der Waals surface area contributed by atoms with Gasteiger partial charge in [-0.2, -0.15) is 0 Å². The highest BCUT2D eigenvalue weighted by atomic mass is 16.2. The van der Waals surface area contributed by atoms with Gasteiger partial charge in [0.05, 0.1) is 21.5 Å². The summed E-state index contributed by atoms with van der Waals surface area (Å²) in [5.74, 6) is 4.38. The summed E-state index contributed by atoms with van der Waals surface area (Å²) in [6, 6.07) is 2.83. The highest BCUT2D eigenvalue weighted by molar-refractivity contribution is 5.97. The zero-order valence-corrected chi connectivity index (χ0v) is 15.7. The smallest absolute Gasteiger partial charge is 0.261 e. The molecule has 6 rings (SSSR count). The fraction of sp³-hybridized carbons (Fsp3) is 0.545. The topological polar surface area (TPSA) is 89.0 Å². The monoisotopic (exact) mass is 378 g/mol. The lowest BCUT2D eigenvalue weighted by molar-refractivity contribution is 0.201. The van der Waals surface area contributed by atoms with E-state index in [0.717, 1.165) is 42.4 Å². The van der Waals surface area contributed by atoms with Gasteiger partial charge in [-0.3, -0.25) is 28.7 Å². The van der Waals surface area contributed by atoms with Crippen molar-refractivity contribution in [2.45, 2.75) is 39.2 Å². The van der Waals surface area contributed by atoms with Gasteiger partial charge in [0.2, 0.25) is 0 Å². The van der Waals surface area contributed by atoms with Crippen LogP contribution in [0, 0.1) is 35.5 Å². The molecule has 0 aliphatic heterocycles. The van der Waals surface area contributed by atoms with E-state index in [1.165, 1.54) is 29.5 Å². The number of H-pyrrole nitrogens is 1. The lowest BCUT2D eigenvalue weighted by atomic mass is 9.77. The third-order valence-corrected chi connectivity index (χ3v) is 8.16. The Labute approximate surface area is 159 Å². The molecule has 0 amide bonds. The van der Waals surface area contributed by atoms with Crippen LogP contribution in [-0.2, 0) is 6.54 Å². The first kappa shape index (κ1) is 16.5. The Balaban J connectivity index is 1.39. The molecule has 2 aromatic heterocycles. The van der Waals surface area contributed by atoms with E-state index in [1.54, 1.807) is 0 Å². The quantitative estimate of drug-likeness (QED) is 0.736. The van der Waals surface area contributed by atoms with Gasteiger partial charge >= 0.3 is 0 Å². The summed E-state index contributed by atoms with van der Waals surface area (Å²) in [7, 11) is 0. The van der Waals surface area contributed by atoms with E-state index in [0.29, 0.717) is 12.5 Å². The summed E-state index contributed by atoms with van der Waals surface area (Å²) in [5, 5.41) is 0.876. The minimum atomic E-state index is -0.505. The molecule has 0 spiro atoms. The summed E-state index contributed by atoms with van der Waals surface area (Å²) in [4.78, 5) is 51.8. The highest BCUT2D eigenvalue weighted by Gasteiger charge is 2.54. The van der Waals surface area contributed by atoms with Crippen LogP contribution >= 0.6 is 0 Å². The Hall–Kier alpha value is -2.50. The van der Waals surface area contributed by atoms with Gasteiger partial charge in [-0.25, -0.2) is 0 Å². The predicted molar refractivity (Wildman–Crippen MR) is 106 cm³/mol. The maximum Gasteiger partial charge on any atom is 0.261 e. The molecular weight excluding hydrogens is 356 g/mol. The van der Waals surface area contributed by atoms with Gasteiger partial charge in [-0.05, 0) is 73.3 Å². The van der Waals surface area contributed by atoms with Gasteiger partial charge in [0.1, 0.15) is 0 Å². The standard InChI is InChI=1S/C22H22N2O4/c1-9-2-11-5-12(9)14-4-10(3-13(11)14)8-24-21(27)17-6-15-16(7-18(17)22(24)28)20(26)23-19(15)25/h6-7,9-14H,2-5,8H2,1H3,(H,23,25,26). The van der Waals surface area contributed by atoms with Crippen molar-refractivity contribution in [2.24, 2.45) is 35.5 Å². The molecule has 1 N–H and O–H groups in total. The first-order valence-corrected chi connectivity index (χ1v) is 10.3. The fourth-order valence-corrected chi connectivity index (χ4v) is 7.05. The number of aromatic nitrogens is 2. The zero-order chi connectivity index (χ0) is 19.3.